The van der Waals surface area contributed by atoms with Crippen LogP contribution in [0.4, 0.5) is 20.3 Å². The predicted octanol–water partition coefficient (Wildman–Crippen LogP) is 3.11. The Morgan fingerprint density at radius 3 is 2.75 bits per heavy atom. The first kappa shape index (κ1) is 16.5. The Bertz CT molecular complexity index is 798. The molecule has 0 saturated carbocycles. The van der Waals surface area contributed by atoms with Gasteiger partial charge in [0.25, 0.3) is 0 Å². The summed E-state index contributed by atoms with van der Waals surface area (Å²) >= 11 is 3.24. The maximum atomic E-state index is 13.8. The fourth-order valence-corrected chi connectivity index (χ4v) is 2.73. The number of halogens is 3. The van der Waals surface area contributed by atoms with Crippen LogP contribution < -0.4 is 10.2 Å². The Kier molecular flexibility index (Phi) is 4.57. The minimum Gasteiger partial charge on any atom is -0.310 e. The summed E-state index contributed by atoms with van der Waals surface area (Å²) in [5, 5.41) is 2.62. The van der Waals surface area contributed by atoms with E-state index in [1.165, 1.54) is 12.3 Å². The number of carbonyl (C=O) groups is 2. The number of rotatable bonds is 3. The van der Waals surface area contributed by atoms with Gasteiger partial charge in [-0.05, 0) is 40.2 Å². The summed E-state index contributed by atoms with van der Waals surface area (Å²) in [6.45, 7) is 0.0315. The molecule has 1 fully saturated rings. The number of nitrogens with one attached hydrogen (secondary N) is 1. The first-order valence-corrected chi connectivity index (χ1v) is 7.91. The Morgan fingerprint density at radius 1 is 1.29 bits per heavy atom. The van der Waals surface area contributed by atoms with Crippen molar-refractivity contribution in [1.29, 1.82) is 0 Å². The maximum Gasteiger partial charge on any atom is 0.230 e. The highest BCUT2D eigenvalue weighted by Gasteiger charge is 2.36. The molecule has 2 heterocycles. The van der Waals surface area contributed by atoms with E-state index in [1.807, 2.05) is 0 Å². The highest BCUT2D eigenvalue weighted by molar-refractivity contribution is 9.10. The standard InChI is InChI=1S/C16H12BrF2N3O2/c17-10-1-4-14(20-7-10)21-16(24)9-5-15(23)22(8-9)13-3-2-11(18)6-12(13)19/h1-4,6-7,9H,5,8H2,(H,20,21,24). The first-order chi connectivity index (χ1) is 11.4. The summed E-state index contributed by atoms with van der Waals surface area (Å²) in [4.78, 5) is 29.5. The van der Waals surface area contributed by atoms with Crippen molar-refractivity contribution in [3.8, 4) is 0 Å². The zero-order chi connectivity index (χ0) is 17.3. The smallest absolute Gasteiger partial charge is 0.230 e. The highest BCUT2D eigenvalue weighted by atomic mass is 79.9. The number of aromatic nitrogens is 1. The maximum absolute atomic E-state index is 13.8. The van der Waals surface area contributed by atoms with Crippen molar-refractivity contribution in [1.82, 2.24) is 4.98 Å². The van der Waals surface area contributed by atoms with Crippen LogP contribution in [0.3, 0.4) is 0 Å². The zero-order valence-corrected chi connectivity index (χ0v) is 13.9. The third-order valence-electron chi connectivity index (χ3n) is 3.68. The van der Waals surface area contributed by atoms with E-state index in [-0.39, 0.29) is 30.5 Å². The normalized spacial score (nSPS) is 17.2. The topological polar surface area (TPSA) is 62.3 Å². The van der Waals surface area contributed by atoms with Gasteiger partial charge < -0.3 is 10.2 Å². The van der Waals surface area contributed by atoms with Gasteiger partial charge >= 0.3 is 0 Å². The molecule has 0 aliphatic carbocycles. The van der Waals surface area contributed by atoms with Crippen molar-refractivity contribution in [2.75, 3.05) is 16.8 Å². The molecule has 8 heteroatoms. The van der Waals surface area contributed by atoms with Crippen molar-refractivity contribution in [2.45, 2.75) is 6.42 Å². The third-order valence-corrected chi connectivity index (χ3v) is 4.14. The van der Waals surface area contributed by atoms with Gasteiger partial charge in [0, 0.05) is 29.7 Å². The second kappa shape index (κ2) is 6.64. The van der Waals surface area contributed by atoms with E-state index in [0.29, 0.717) is 11.9 Å². The van der Waals surface area contributed by atoms with Crippen LogP contribution in [0.25, 0.3) is 0 Å². The minimum absolute atomic E-state index is 0.0292. The molecule has 3 rings (SSSR count). The lowest BCUT2D eigenvalue weighted by Gasteiger charge is -2.17. The molecule has 1 aliphatic heterocycles. The number of benzene rings is 1. The van der Waals surface area contributed by atoms with E-state index >= 15 is 0 Å². The summed E-state index contributed by atoms with van der Waals surface area (Å²) in [5.74, 6) is -2.58. The lowest BCUT2D eigenvalue weighted by molar-refractivity contribution is -0.122. The monoisotopic (exact) mass is 395 g/mol. The van der Waals surface area contributed by atoms with Gasteiger partial charge in [0.2, 0.25) is 11.8 Å². The molecule has 5 nitrogen and oxygen atoms in total. The fourth-order valence-electron chi connectivity index (χ4n) is 2.49. The molecule has 0 spiro atoms. The zero-order valence-electron chi connectivity index (χ0n) is 12.3. The van der Waals surface area contributed by atoms with E-state index in [9.17, 15) is 18.4 Å². The molecule has 2 amide bonds. The van der Waals surface area contributed by atoms with Gasteiger partial charge in [0.1, 0.15) is 17.5 Å². The van der Waals surface area contributed by atoms with E-state index in [4.69, 9.17) is 0 Å². The summed E-state index contributed by atoms with van der Waals surface area (Å²) in [6.07, 6.45) is 1.49. The van der Waals surface area contributed by atoms with Crippen LogP contribution in [-0.4, -0.2) is 23.3 Å². The highest BCUT2D eigenvalue weighted by Crippen LogP contribution is 2.28. The largest absolute Gasteiger partial charge is 0.310 e. The number of nitrogens with zero attached hydrogens (tertiary/aromatic N) is 2. The molecular weight excluding hydrogens is 384 g/mol. The van der Waals surface area contributed by atoms with Gasteiger partial charge in [-0.15, -0.1) is 0 Å². The summed E-state index contributed by atoms with van der Waals surface area (Å²) < 4.78 is 27.6. The minimum atomic E-state index is -0.834. The lowest BCUT2D eigenvalue weighted by atomic mass is 10.1. The Hall–Kier alpha value is -2.35. The molecule has 1 saturated heterocycles. The molecule has 124 valence electrons. The van der Waals surface area contributed by atoms with Crippen LogP contribution in [0.1, 0.15) is 6.42 Å². The van der Waals surface area contributed by atoms with Crippen LogP contribution in [0.15, 0.2) is 41.0 Å². The Morgan fingerprint density at radius 2 is 2.08 bits per heavy atom. The van der Waals surface area contributed by atoms with Crippen LogP contribution in [0.2, 0.25) is 0 Å². The van der Waals surface area contributed by atoms with Gasteiger partial charge in [-0.3, -0.25) is 9.59 Å². The van der Waals surface area contributed by atoms with Gasteiger partial charge in [-0.1, -0.05) is 0 Å². The van der Waals surface area contributed by atoms with E-state index < -0.39 is 17.6 Å². The quantitative estimate of drug-likeness (QED) is 0.868. The van der Waals surface area contributed by atoms with E-state index in [1.54, 1.807) is 12.1 Å². The predicted molar refractivity (Wildman–Crippen MR) is 87.4 cm³/mol. The van der Waals surface area contributed by atoms with Crippen molar-refractivity contribution in [2.24, 2.45) is 5.92 Å². The van der Waals surface area contributed by atoms with Crippen LogP contribution in [0, 0.1) is 17.6 Å². The van der Waals surface area contributed by atoms with Crippen molar-refractivity contribution in [3.05, 3.63) is 52.6 Å². The second-order valence-electron chi connectivity index (χ2n) is 5.35. The van der Waals surface area contributed by atoms with Gasteiger partial charge in [0.05, 0.1) is 11.6 Å². The molecule has 1 unspecified atom stereocenters. The molecule has 1 N–H and O–H groups in total. The molecule has 1 aromatic carbocycles. The van der Waals surface area contributed by atoms with E-state index in [0.717, 1.165) is 15.4 Å². The van der Waals surface area contributed by atoms with Crippen LogP contribution >= 0.6 is 15.9 Å². The summed E-state index contributed by atoms with van der Waals surface area (Å²) in [5.41, 5.74) is -0.0292. The molecule has 1 aliphatic rings. The summed E-state index contributed by atoms with van der Waals surface area (Å²) in [7, 11) is 0. The Balaban J connectivity index is 1.72. The fraction of sp³-hybridized carbons (Fsp3) is 0.188. The molecule has 0 radical (unpaired) electrons. The van der Waals surface area contributed by atoms with Crippen molar-refractivity contribution >= 4 is 39.2 Å². The number of amides is 2. The number of anilines is 2. The van der Waals surface area contributed by atoms with Crippen molar-refractivity contribution in [3.63, 3.8) is 0 Å². The van der Waals surface area contributed by atoms with E-state index in [2.05, 4.69) is 26.2 Å². The average Bonchev–Trinajstić information content (AvgIpc) is 2.91. The average molecular weight is 396 g/mol. The number of carbonyl (C=O) groups excluding carboxylic acids is 2. The van der Waals surface area contributed by atoms with Gasteiger partial charge in [0.15, 0.2) is 0 Å². The third kappa shape index (κ3) is 3.43. The molecule has 1 atom stereocenters. The van der Waals surface area contributed by atoms with Crippen LogP contribution in [0.5, 0.6) is 0 Å². The van der Waals surface area contributed by atoms with Gasteiger partial charge in [-0.2, -0.15) is 0 Å². The SMILES string of the molecule is O=C(Nc1ccc(Br)cn1)C1CC(=O)N(c2ccc(F)cc2F)C1. The van der Waals surface area contributed by atoms with Crippen LogP contribution in [-0.2, 0) is 9.59 Å². The molecule has 2 aromatic rings. The molecule has 0 bridgehead atoms. The number of hydrogen-bond donors (Lipinski definition) is 1. The molecule has 1 aromatic heterocycles. The second-order valence-corrected chi connectivity index (χ2v) is 6.27. The Labute approximate surface area is 144 Å². The molecule has 24 heavy (non-hydrogen) atoms. The van der Waals surface area contributed by atoms with Gasteiger partial charge in [-0.25, -0.2) is 13.8 Å². The summed E-state index contributed by atoms with van der Waals surface area (Å²) in [6, 6.07) is 6.32. The lowest BCUT2D eigenvalue weighted by Crippen LogP contribution is -2.28. The number of pyridine rings is 1. The first-order valence-electron chi connectivity index (χ1n) is 7.12. The molecular formula is C16H12BrF2N3O2. The van der Waals surface area contributed by atoms with Crippen molar-refractivity contribution < 1.29 is 18.4 Å². The number of hydrogen-bond acceptors (Lipinski definition) is 3.